The van der Waals surface area contributed by atoms with Gasteiger partial charge < -0.3 is 0 Å². The fourth-order valence-corrected chi connectivity index (χ4v) is 0.770. The zero-order valence-corrected chi connectivity index (χ0v) is 8.77. The van der Waals surface area contributed by atoms with Crippen LogP contribution in [-0.2, 0) is 18.6 Å². The fourth-order valence-electron chi connectivity index (χ4n) is 0.770. The summed E-state index contributed by atoms with van der Waals surface area (Å²) in [4.78, 5) is 0. The maximum absolute atomic E-state index is 2.00. The Bertz CT molecular complexity index is 59.9. The van der Waals surface area contributed by atoms with Crippen molar-refractivity contribution in [2.75, 3.05) is 0 Å². The molecule has 0 bridgehead atoms. The molecule has 2 aliphatic carbocycles. The summed E-state index contributed by atoms with van der Waals surface area (Å²) in [6.45, 7) is 0. The third-order valence-electron chi connectivity index (χ3n) is 1.33. The minimum atomic E-state index is 0. The maximum atomic E-state index is 2.00. The van der Waals surface area contributed by atoms with Gasteiger partial charge in [-0.3, -0.25) is 0 Å². The average Bonchev–Trinajstić information content (AvgIpc) is 2.54. The molecule has 0 spiro atoms. The molecule has 2 rings (SSSR count). The van der Waals surface area contributed by atoms with E-state index in [2.05, 4.69) is 0 Å². The van der Waals surface area contributed by atoms with Crippen LogP contribution in [0.4, 0.5) is 0 Å². The van der Waals surface area contributed by atoms with Crippen LogP contribution in [0, 0.1) is 77.0 Å². The van der Waals surface area contributed by atoms with Crippen LogP contribution in [0.5, 0.6) is 0 Å². The molecule has 2 aliphatic rings. The van der Waals surface area contributed by atoms with Crippen molar-refractivity contribution in [3.05, 3.63) is 77.0 Å². The summed E-state index contributed by atoms with van der Waals surface area (Å²) in [5.41, 5.74) is 0. The first-order chi connectivity index (χ1) is 6.00. The molecule has 0 heterocycles. The Morgan fingerprint density at radius 2 is 0.308 bits per heavy atom. The molecule has 0 amide bonds. The van der Waals surface area contributed by atoms with Crippen LogP contribution in [-0.4, -0.2) is 0 Å². The van der Waals surface area contributed by atoms with E-state index in [1.165, 1.54) is 0 Å². The van der Waals surface area contributed by atoms with Crippen LogP contribution in [0.15, 0.2) is 0 Å². The van der Waals surface area contributed by atoms with Gasteiger partial charge in [-0.2, -0.15) is 0 Å². The predicted octanol–water partition coefficient (Wildman–Crippen LogP) is 2.45. The van der Waals surface area contributed by atoms with E-state index < -0.39 is 0 Å². The van der Waals surface area contributed by atoms with Crippen molar-refractivity contribution in [2.24, 2.45) is 0 Å². The van der Waals surface area contributed by atoms with Gasteiger partial charge in [0, 0.05) is 0 Å². The third kappa shape index (κ3) is 8.90. The molecular weight excluding hydrogens is 195 g/mol. The van der Waals surface area contributed by atoms with Crippen LogP contribution in [0.2, 0.25) is 0 Å². The average molecular weight is 207 g/mol. The second-order valence-electron chi connectivity index (χ2n) is 2.31. The summed E-state index contributed by atoms with van der Waals surface area (Å²) in [5.74, 6) is 0. The van der Waals surface area contributed by atoms with Crippen LogP contribution >= 0.6 is 0 Å². The summed E-state index contributed by atoms with van der Waals surface area (Å²) < 4.78 is 0. The van der Waals surface area contributed by atoms with Gasteiger partial charge in [0.05, 0.1) is 0 Å². The molecule has 63 valence electrons. The first-order valence-corrected chi connectivity index (χ1v) is 4.00. The van der Waals surface area contributed by atoms with E-state index in [0.717, 1.165) is 0 Å². The summed E-state index contributed by atoms with van der Waals surface area (Å²) in [6.07, 6.45) is 24.0. The molecule has 2 saturated carbocycles. The van der Waals surface area contributed by atoms with E-state index in [1.54, 1.807) is 0 Å². The molecule has 1 heteroatoms. The Morgan fingerprint density at radius 3 is 0.385 bits per heavy atom. The van der Waals surface area contributed by atoms with Crippen LogP contribution in [0.1, 0.15) is 0 Å². The minimum Gasteiger partial charge on any atom is -0.0312 e. The third-order valence-corrected chi connectivity index (χ3v) is 1.33. The van der Waals surface area contributed by atoms with Gasteiger partial charge >= 0.3 is 18.6 Å². The quantitative estimate of drug-likeness (QED) is 0.535. The van der Waals surface area contributed by atoms with Gasteiger partial charge in [0.1, 0.15) is 0 Å². The smallest absolute Gasteiger partial charge is 0.0312 e. The van der Waals surface area contributed by atoms with Crippen molar-refractivity contribution in [3.63, 3.8) is 0 Å². The fraction of sp³-hybridized carbons (Fsp3) is 0. The number of hydrogen-bond acceptors (Lipinski definition) is 0. The number of rotatable bonds is 0. The molecule has 0 aliphatic heterocycles. The molecule has 13 radical (unpaired) electrons. The Balaban J connectivity index is 0.000000215. The van der Waals surface area contributed by atoms with Gasteiger partial charge in [0.15, 0.2) is 0 Å². The van der Waals surface area contributed by atoms with Crippen molar-refractivity contribution < 1.29 is 18.6 Å². The SMILES string of the molecule is [CH]1[CH][CH][CH][CH]1.[CH]1[CH][CH][CH][CH][CH][CH]1.[V+2]. The van der Waals surface area contributed by atoms with E-state index in [-0.39, 0.29) is 18.6 Å². The Hall–Kier alpha value is 0.584. The van der Waals surface area contributed by atoms with E-state index in [4.69, 9.17) is 0 Å². The van der Waals surface area contributed by atoms with Gasteiger partial charge in [-0.25, -0.2) is 0 Å². The second-order valence-corrected chi connectivity index (χ2v) is 2.31. The molecule has 13 heavy (non-hydrogen) atoms. The Morgan fingerprint density at radius 1 is 0.231 bits per heavy atom. The topological polar surface area (TPSA) is 0 Å². The molecule has 0 atom stereocenters. The Kier molecular flexibility index (Phi) is 11.1. The second kappa shape index (κ2) is 10.7. The molecular formula is C12H12V+2. The standard InChI is InChI=1S/C7H7.C5H5.V/c1-2-4-6-7-5-3-1;1-2-4-5-3-1;/h1-7H;1-5H;/q;;+2. The molecule has 0 aromatic carbocycles. The van der Waals surface area contributed by atoms with E-state index >= 15 is 0 Å². The molecule has 0 aromatic rings. The summed E-state index contributed by atoms with van der Waals surface area (Å²) in [7, 11) is 0. The molecule has 0 unspecified atom stereocenters. The van der Waals surface area contributed by atoms with Crippen molar-refractivity contribution in [3.8, 4) is 0 Å². The van der Waals surface area contributed by atoms with Gasteiger partial charge in [0.25, 0.3) is 0 Å². The maximum Gasteiger partial charge on any atom is 2.00 e. The zero-order valence-electron chi connectivity index (χ0n) is 7.38. The molecule has 0 saturated heterocycles. The van der Waals surface area contributed by atoms with E-state index in [9.17, 15) is 0 Å². The summed E-state index contributed by atoms with van der Waals surface area (Å²) in [5, 5.41) is 0. The largest absolute Gasteiger partial charge is 2.00 e. The molecule has 2 fully saturated rings. The van der Waals surface area contributed by atoms with Crippen molar-refractivity contribution >= 4 is 0 Å². The Labute approximate surface area is 95.8 Å². The summed E-state index contributed by atoms with van der Waals surface area (Å²) in [6, 6.07) is 0. The van der Waals surface area contributed by atoms with Crippen LogP contribution < -0.4 is 0 Å². The predicted molar refractivity (Wildman–Crippen MR) is 51.6 cm³/mol. The first-order valence-electron chi connectivity index (χ1n) is 4.00. The first kappa shape index (κ1) is 13.6. The van der Waals surface area contributed by atoms with Crippen LogP contribution in [0.25, 0.3) is 0 Å². The van der Waals surface area contributed by atoms with E-state index in [0.29, 0.717) is 0 Å². The molecule has 0 N–H and O–H groups in total. The van der Waals surface area contributed by atoms with Crippen LogP contribution in [0.3, 0.4) is 0 Å². The monoisotopic (exact) mass is 207 g/mol. The zero-order chi connectivity index (χ0) is 8.49. The van der Waals surface area contributed by atoms with Crippen molar-refractivity contribution in [1.82, 2.24) is 0 Å². The van der Waals surface area contributed by atoms with E-state index in [1.807, 2.05) is 77.0 Å². The van der Waals surface area contributed by atoms with Gasteiger partial charge in [-0.15, -0.1) is 0 Å². The van der Waals surface area contributed by atoms with Crippen molar-refractivity contribution in [1.29, 1.82) is 0 Å². The minimum absolute atomic E-state index is 0. The normalized spacial score (nSPS) is 22.2. The number of hydrogen-bond donors (Lipinski definition) is 0. The summed E-state index contributed by atoms with van der Waals surface area (Å²) >= 11 is 0. The van der Waals surface area contributed by atoms with Gasteiger partial charge in [-0.05, 0) is 77.0 Å². The molecule has 0 nitrogen and oxygen atoms in total. The van der Waals surface area contributed by atoms with Gasteiger partial charge in [0.2, 0.25) is 0 Å². The molecule has 0 aromatic heterocycles. The van der Waals surface area contributed by atoms with Crippen molar-refractivity contribution in [2.45, 2.75) is 0 Å². The van der Waals surface area contributed by atoms with Gasteiger partial charge in [-0.1, -0.05) is 0 Å².